The molecule has 0 aliphatic heterocycles. The minimum absolute atomic E-state index is 0.514. The van der Waals surface area contributed by atoms with Crippen molar-refractivity contribution in [2.24, 2.45) is 0 Å². The van der Waals surface area contributed by atoms with Crippen molar-refractivity contribution in [2.75, 3.05) is 5.32 Å². The second-order valence-electron chi connectivity index (χ2n) is 4.84. The van der Waals surface area contributed by atoms with E-state index in [0.717, 1.165) is 17.8 Å². The molecule has 0 amide bonds. The molecule has 0 saturated carbocycles. The van der Waals surface area contributed by atoms with Gasteiger partial charge in [-0.15, -0.1) is 11.3 Å². The largest absolute Gasteiger partial charge is 0.378 e. The van der Waals surface area contributed by atoms with Crippen LogP contribution < -0.4 is 5.32 Å². The van der Waals surface area contributed by atoms with Gasteiger partial charge in [0.15, 0.2) is 5.15 Å². The minimum Gasteiger partial charge on any atom is -0.378 e. The number of aryl methyl sites for hydroxylation is 1. The van der Waals surface area contributed by atoms with Crippen LogP contribution >= 0.6 is 22.9 Å². The molecule has 3 aromatic rings. The van der Waals surface area contributed by atoms with E-state index in [1.165, 1.54) is 15.3 Å². The Morgan fingerprint density at radius 3 is 2.76 bits per heavy atom. The number of hydrogen-bond acceptors (Lipinski definition) is 3. The zero-order valence-electron chi connectivity index (χ0n) is 11.6. The molecule has 0 bridgehead atoms. The molecule has 21 heavy (non-hydrogen) atoms. The quantitative estimate of drug-likeness (QED) is 0.654. The van der Waals surface area contributed by atoms with Gasteiger partial charge in [0.1, 0.15) is 0 Å². The number of benzene rings is 1. The summed E-state index contributed by atoms with van der Waals surface area (Å²) in [6.07, 6.45) is 1.77. The lowest BCUT2D eigenvalue weighted by atomic mass is 10.2. The van der Waals surface area contributed by atoms with Gasteiger partial charge in [-0.1, -0.05) is 41.9 Å². The van der Waals surface area contributed by atoms with Crippen LogP contribution in [0.15, 0.2) is 54.7 Å². The summed E-state index contributed by atoms with van der Waals surface area (Å²) in [7, 11) is 0. The number of aromatic nitrogens is 1. The number of halogens is 1. The van der Waals surface area contributed by atoms with Gasteiger partial charge >= 0.3 is 0 Å². The van der Waals surface area contributed by atoms with E-state index >= 15 is 0 Å². The summed E-state index contributed by atoms with van der Waals surface area (Å²) in [6.45, 7) is 2.76. The average Bonchev–Trinajstić information content (AvgIpc) is 2.98. The van der Waals surface area contributed by atoms with E-state index in [1.54, 1.807) is 17.5 Å². The van der Waals surface area contributed by atoms with Gasteiger partial charge in [0.2, 0.25) is 0 Å². The first kappa shape index (κ1) is 14.1. The minimum atomic E-state index is 0.514. The van der Waals surface area contributed by atoms with Crippen molar-refractivity contribution >= 4 is 28.6 Å². The lowest BCUT2D eigenvalue weighted by Gasteiger charge is -2.07. The molecule has 0 saturated heterocycles. The molecule has 0 unspecified atom stereocenters. The van der Waals surface area contributed by atoms with E-state index in [-0.39, 0.29) is 0 Å². The molecule has 2 heterocycles. The zero-order chi connectivity index (χ0) is 14.7. The summed E-state index contributed by atoms with van der Waals surface area (Å²) in [6, 6.07) is 16.7. The Hall–Kier alpha value is -1.84. The smallest absolute Gasteiger partial charge is 0.152 e. The van der Waals surface area contributed by atoms with E-state index in [4.69, 9.17) is 11.6 Å². The van der Waals surface area contributed by atoms with Gasteiger partial charge < -0.3 is 5.32 Å². The first-order chi connectivity index (χ1) is 10.2. The predicted molar refractivity (Wildman–Crippen MR) is 91.1 cm³/mol. The Morgan fingerprint density at radius 1 is 1.14 bits per heavy atom. The van der Waals surface area contributed by atoms with Crippen molar-refractivity contribution in [3.8, 4) is 10.4 Å². The highest BCUT2D eigenvalue weighted by Crippen LogP contribution is 2.29. The normalized spacial score (nSPS) is 10.6. The summed E-state index contributed by atoms with van der Waals surface area (Å²) >= 11 is 7.88. The second kappa shape index (κ2) is 6.29. The fourth-order valence-electron chi connectivity index (χ4n) is 2.09. The van der Waals surface area contributed by atoms with Crippen LogP contribution in [0.3, 0.4) is 0 Å². The van der Waals surface area contributed by atoms with Crippen LogP contribution in [0.2, 0.25) is 5.15 Å². The molecule has 0 aliphatic rings. The zero-order valence-corrected chi connectivity index (χ0v) is 13.2. The standard InChI is InChI=1S/C17H15ClN2S/c1-12-9-15(17(18)20-10-12)19-11-14-7-8-16(21-14)13-5-3-2-4-6-13/h2-10,19H,11H2,1H3. The van der Waals surface area contributed by atoms with E-state index in [1.807, 2.05) is 19.1 Å². The van der Waals surface area contributed by atoms with Crippen molar-refractivity contribution in [1.82, 2.24) is 4.98 Å². The molecule has 0 fully saturated rings. The number of pyridine rings is 1. The van der Waals surface area contributed by atoms with Gasteiger partial charge in [0.25, 0.3) is 0 Å². The Morgan fingerprint density at radius 2 is 1.95 bits per heavy atom. The topological polar surface area (TPSA) is 24.9 Å². The van der Waals surface area contributed by atoms with Crippen LogP contribution in [-0.2, 0) is 6.54 Å². The van der Waals surface area contributed by atoms with Gasteiger partial charge in [-0.05, 0) is 36.2 Å². The molecule has 2 aromatic heterocycles. The van der Waals surface area contributed by atoms with Crippen molar-refractivity contribution < 1.29 is 0 Å². The Balaban J connectivity index is 1.72. The molecule has 1 aromatic carbocycles. The molecule has 4 heteroatoms. The number of nitrogens with zero attached hydrogens (tertiary/aromatic N) is 1. The fraction of sp³-hybridized carbons (Fsp3) is 0.118. The molecule has 0 radical (unpaired) electrons. The van der Waals surface area contributed by atoms with Crippen LogP contribution in [-0.4, -0.2) is 4.98 Å². The molecule has 0 aliphatic carbocycles. The third kappa shape index (κ3) is 3.43. The number of anilines is 1. The van der Waals surface area contributed by atoms with Crippen molar-refractivity contribution in [2.45, 2.75) is 13.5 Å². The van der Waals surface area contributed by atoms with Gasteiger partial charge in [-0.25, -0.2) is 4.98 Å². The van der Waals surface area contributed by atoms with Crippen molar-refractivity contribution in [3.05, 3.63) is 70.3 Å². The molecule has 1 N–H and O–H groups in total. The third-order valence-electron chi connectivity index (χ3n) is 3.15. The number of nitrogens with one attached hydrogen (secondary N) is 1. The van der Waals surface area contributed by atoms with Gasteiger partial charge in [-0.2, -0.15) is 0 Å². The second-order valence-corrected chi connectivity index (χ2v) is 6.36. The molecule has 3 rings (SSSR count). The van der Waals surface area contributed by atoms with Crippen LogP contribution in [0, 0.1) is 6.92 Å². The highest BCUT2D eigenvalue weighted by Gasteiger charge is 2.05. The molecule has 0 atom stereocenters. The maximum Gasteiger partial charge on any atom is 0.152 e. The third-order valence-corrected chi connectivity index (χ3v) is 4.58. The lowest BCUT2D eigenvalue weighted by molar-refractivity contribution is 1.16. The predicted octanol–water partition coefficient (Wildman–Crippen LogP) is 5.38. The fourth-order valence-corrected chi connectivity index (χ4v) is 3.21. The van der Waals surface area contributed by atoms with Crippen LogP contribution in [0.4, 0.5) is 5.69 Å². The maximum atomic E-state index is 6.09. The Labute approximate surface area is 133 Å². The summed E-state index contributed by atoms with van der Waals surface area (Å²) in [5.74, 6) is 0. The monoisotopic (exact) mass is 314 g/mol. The van der Waals surface area contributed by atoms with Crippen LogP contribution in [0.25, 0.3) is 10.4 Å². The molecule has 106 valence electrons. The van der Waals surface area contributed by atoms with E-state index in [0.29, 0.717) is 5.15 Å². The van der Waals surface area contributed by atoms with Gasteiger partial charge in [0.05, 0.1) is 5.69 Å². The van der Waals surface area contributed by atoms with Gasteiger partial charge in [-0.3, -0.25) is 0 Å². The van der Waals surface area contributed by atoms with E-state index in [2.05, 4.69) is 46.7 Å². The number of hydrogen-bond donors (Lipinski definition) is 1. The Kier molecular flexibility index (Phi) is 4.23. The average molecular weight is 315 g/mol. The molecule has 2 nitrogen and oxygen atoms in total. The SMILES string of the molecule is Cc1cnc(Cl)c(NCc2ccc(-c3ccccc3)s2)c1. The first-order valence-corrected chi connectivity index (χ1v) is 7.92. The highest BCUT2D eigenvalue weighted by atomic mass is 35.5. The van der Waals surface area contributed by atoms with E-state index < -0.39 is 0 Å². The summed E-state index contributed by atoms with van der Waals surface area (Å²) in [4.78, 5) is 6.70. The summed E-state index contributed by atoms with van der Waals surface area (Å²) < 4.78 is 0. The number of thiophene rings is 1. The number of rotatable bonds is 4. The molecule has 0 spiro atoms. The first-order valence-electron chi connectivity index (χ1n) is 6.72. The van der Waals surface area contributed by atoms with Crippen LogP contribution in [0.5, 0.6) is 0 Å². The van der Waals surface area contributed by atoms with Gasteiger partial charge in [0, 0.05) is 22.5 Å². The lowest BCUT2D eigenvalue weighted by Crippen LogP contribution is -1.99. The van der Waals surface area contributed by atoms with E-state index in [9.17, 15) is 0 Å². The van der Waals surface area contributed by atoms with Crippen molar-refractivity contribution in [3.63, 3.8) is 0 Å². The highest BCUT2D eigenvalue weighted by molar-refractivity contribution is 7.15. The maximum absolute atomic E-state index is 6.09. The summed E-state index contributed by atoms with van der Waals surface area (Å²) in [5, 5.41) is 3.87. The van der Waals surface area contributed by atoms with Crippen molar-refractivity contribution in [1.29, 1.82) is 0 Å². The molecular formula is C17H15ClN2S. The Bertz CT molecular complexity index is 738. The van der Waals surface area contributed by atoms with Crippen LogP contribution in [0.1, 0.15) is 10.4 Å². The summed E-state index contributed by atoms with van der Waals surface area (Å²) in [5.41, 5.74) is 3.23. The molecular weight excluding hydrogens is 300 g/mol.